The lowest BCUT2D eigenvalue weighted by atomic mass is 10.1. The van der Waals surface area contributed by atoms with Gasteiger partial charge in [-0.1, -0.05) is 35.9 Å². The number of nitrogens with one attached hydrogen (secondary N) is 2. The van der Waals surface area contributed by atoms with E-state index in [1.54, 1.807) is 60.7 Å². The Labute approximate surface area is 187 Å². The molecule has 0 radical (unpaired) electrons. The second-order valence-electron chi connectivity index (χ2n) is 7.18. The largest absolute Gasteiger partial charge is 0.454 e. The van der Waals surface area contributed by atoms with Crippen LogP contribution in [-0.4, -0.2) is 18.6 Å². The summed E-state index contributed by atoms with van der Waals surface area (Å²) in [5.74, 6) is 0.386. The number of hydrogen-bond donors (Lipinski definition) is 2. The Morgan fingerprint density at radius 1 is 0.906 bits per heavy atom. The number of furan rings is 1. The van der Waals surface area contributed by atoms with E-state index in [2.05, 4.69) is 10.6 Å². The summed E-state index contributed by atoms with van der Waals surface area (Å²) < 4.78 is 16.4. The number of hydrogen-bond acceptors (Lipinski definition) is 5. The molecular formula is C24H17ClN2O5. The SMILES string of the molecule is O=C(Cc1ccc(Cl)cc1)Nc1c(C(=O)Nc2ccc3c(c2)OCO3)oc2ccccc12. The molecule has 4 aromatic rings. The van der Waals surface area contributed by atoms with Crippen LogP contribution in [0.25, 0.3) is 11.0 Å². The number of para-hydroxylation sites is 1. The first-order valence-electron chi connectivity index (χ1n) is 9.83. The van der Waals surface area contributed by atoms with Crippen LogP contribution in [0.1, 0.15) is 16.1 Å². The van der Waals surface area contributed by atoms with Gasteiger partial charge in [0.25, 0.3) is 5.91 Å². The topological polar surface area (TPSA) is 89.8 Å². The molecule has 0 aliphatic carbocycles. The van der Waals surface area contributed by atoms with E-state index < -0.39 is 5.91 Å². The van der Waals surface area contributed by atoms with Crippen LogP contribution in [0.2, 0.25) is 5.02 Å². The van der Waals surface area contributed by atoms with Crippen molar-refractivity contribution < 1.29 is 23.5 Å². The van der Waals surface area contributed by atoms with Crippen molar-refractivity contribution >= 4 is 45.8 Å². The molecule has 0 unspecified atom stereocenters. The Balaban J connectivity index is 1.41. The third kappa shape index (κ3) is 3.98. The minimum atomic E-state index is -0.498. The standard InChI is InChI=1S/C24H17ClN2O5/c25-15-7-5-14(6-8-15)11-21(28)27-22-17-3-1-2-4-18(17)32-23(22)24(29)26-16-9-10-19-20(12-16)31-13-30-19/h1-10,12H,11,13H2,(H,26,29)(H,27,28). The summed E-state index contributed by atoms with van der Waals surface area (Å²) in [6.07, 6.45) is 0.125. The zero-order chi connectivity index (χ0) is 22.1. The van der Waals surface area contributed by atoms with E-state index in [1.807, 2.05) is 6.07 Å². The van der Waals surface area contributed by atoms with Crippen molar-refractivity contribution in [3.8, 4) is 11.5 Å². The zero-order valence-electron chi connectivity index (χ0n) is 16.7. The van der Waals surface area contributed by atoms with Gasteiger partial charge >= 0.3 is 0 Å². The highest BCUT2D eigenvalue weighted by molar-refractivity contribution is 6.30. The molecule has 1 aliphatic heterocycles. The third-order valence-electron chi connectivity index (χ3n) is 4.97. The number of ether oxygens (including phenoxy) is 2. The number of rotatable bonds is 5. The first kappa shape index (κ1) is 20.0. The molecule has 8 heteroatoms. The Morgan fingerprint density at radius 2 is 1.69 bits per heavy atom. The lowest BCUT2D eigenvalue weighted by Gasteiger charge is -2.08. The highest BCUT2D eigenvalue weighted by atomic mass is 35.5. The van der Waals surface area contributed by atoms with Gasteiger partial charge in [-0.05, 0) is 42.0 Å². The number of anilines is 2. The smallest absolute Gasteiger partial charge is 0.293 e. The number of fused-ring (bicyclic) bond motifs is 2. The number of carbonyl (C=O) groups is 2. The first-order valence-corrected chi connectivity index (χ1v) is 10.2. The van der Waals surface area contributed by atoms with E-state index in [0.29, 0.717) is 38.9 Å². The summed E-state index contributed by atoms with van der Waals surface area (Å²) in [6, 6.07) is 19.2. The van der Waals surface area contributed by atoms with E-state index in [-0.39, 0.29) is 24.9 Å². The molecule has 2 amide bonds. The number of amides is 2. The average Bonchev–Trinajstić information content (AvgIpc) is 3.40. The Bertz CT molecular complexity index is 1330. The van der Waals surface area contributed by atoms with E-state index in [4.69, 9.17) is 25.5 Å². The normalized spacial score (nSPS) is 12.0. The molecule has 0 spiro atoms. The zero-order valence-corrected chi connectivity index (χ0v) is 17.4. The van der Waals surface area contributed by atoms with E-state index >= 15 is 0 Å². The van der Waals surface area contributed by atoms with Crippen LogP contribution in [-0.2, 0) is 11.2 Å². The monoisotopic (exact) mass is 448 g/mol. The van der Waals surface area contributed by atoms with Crippen LogP contribution in [0.5, 0.6) is 11.5 Å². The Morgan fingerprint density at radius 3 is 2.53 bits per heavy atom. The molecule has 0 bridgehead atoms. The molecule has 2 N–H and O–H groups in total. The second-order valence-corrected chi connectivity index (χ2v) is 7.61. The molecule has 0 saturated heterocycles. The molecule has 32 heavy (non-hydrogen) atoms. The average molecular weight is 449 g/mol. The van der Waals surface area contributed by atoms with Gasteiger partial charge < -0.3 is 24.5 Å². The number of benzene rings is 3. The molecule has 160 valence electrons. The van der Waals surface area contributed by atoms with Crippen LogP contribution < -0.4 is 20.1 Å². The Hall–Kier alpha value is -3.97. The lowest BCUT2D eigenvalue weighted by molar-refractivity contribution is -0.115. The van der Waals surface area contributed by atoms with Crippen LogP contribution >= 0.6 is 11.6 Å². The van der Waals surface area contributed by atoms with Gasteiger partial charge in [-0.3, -0.25) is 9.59 Å². The summed E-state index contributed by atoms with van der Waals surface area (Å²) in [7, 11) is 0. The number of carbonyl (C=O) groups excluding carboxylic acids is 2. The van der Waals surface area contributed by atoms with E-state index in [1.165, 1.54) is 0 Å². The maximum absolute atomic E-state index is 13.0. The summed E-state index contributed by atoms with van der Waals surface area (Å²) in [6.45, 7) is 0.139. The summed E-state index contributed by atoms with van der Waals surface area (Å²) in [5, 5.41) is 6.85. The summed E-state index contributed by atoms with van der Waals surface area (Å²) in [5.41, 5.74) is 2.12. The second kappa shape index (κ2) is 8.28. The van der Waals surface area contributed by atoms with E-state index in [9.17, 15) is 9.59 Å². The van der Waals surface area contributed by atoms with Crippen molar-refractivity contribution in [2.45, 2.75) is 6.42 Å². The third-order valence-corrected chi connectivity index (χ3v) is 5.23. The predicted molar refractivity (Wildman–Crippen MR) is 121 cm³/mol. The van der Waals surface area contributed by atoms with Crippen LogP contribution in [0.15, 0.2) is 71.1 Å². The van der Waals surface area contributed by atoms with Gasteiger partial charge in [-0.25, -0.2) is 0 Å². The minimum Gasteiger partial charge on any atom is -0.454 e. The van der Waals surface area contributed by atoms with Gasteiger partial charge in [-0.15, -0.1) is 0 Å². The maximum Gasteiger partial charge on any atom is 0.293 e. The van der Waals surface area contributed by atoms with Gasteiger partial charge in [-0.2, -0.15) is 0 Å². The first-order chi connectivity index (χ1) is 15.6. The minimum absolute atomic E-state index is 0.00771. The van der Waals surface area contributed by atoms with Crippen molar-refractivity contribution in [1.29, 1.82) is 0 Å². The maximum atomic E-state index is 13.0. The van der Waals surface area contributed by atoms with Gasteiger partial charge in [0, 0.05) is 22.2 Å². The fraction of sp³-hybridized carbons (Fsp3) is 0.0833. The van der Waals surface area contributed by atoms with Crippen molar-refractivity contribution in [2.24, 2.45) is 0 Å². The molecule has 1 aliphatic rings. The molecule has 2 heterocycles. The molecule has 1 aromatic heterocycles. The van der Waals surface area contributed by atoms with Gasteiger partial charge in [0.2, 0.25) is 18.5 Å². The van der Waals surface area contributed by atoms with Crippen LogP contribution in [0.3, 0.4) is 0 Å². The fourth-order valence-corrected chi connectivity index (χ4v) is 3.59. The Kier molecular flexibility index (Phi) is 5.17. The molecule has 7 nitrogen and oxygen atoms in total. The van der Waals surface area contributed by atoms with Gasteiger partial charge in [0.05, 0.1) is 6.42 Å². The van der Waals surface area contributed by atoms with Gasteiger partial charge in [0.15, 0.2) is 11.5 Å². The van der Waals surface area contributed by atoms with Crippen LogP contribution in [0, 0.1) is 0 Å². The number of halogens is 1. The van der Waals surface area contributed by atoms with E-state index in [0.717, 1.165) is 5.56 Å². The molecular weight excluding hydrogens is 432 g/mol. The molecule has 5 rings (SSSR count). The summed E-state index contributed by atoms with van der Waals surface area (Å²) >= 11 is 5.91. The lowest BCUT2D eigenvalue weighted by Crippen LogP contribution is -2.18. The molecule has 0 fully saturated rings. The summed E-state index contributed by atoms with van der Waals surface area (Å²) in [4.78, 5) is 25.8. The van der Waals surface area contributed by atoms with Crippen LogP contribution in [0.4, 0.5) is 11.4 Å². The molecule has 0 atom stereocenters. The highest BCUT2D eigenvalue weighted by Crippen LogP contribution is 2.35. The molecule has 0 saturated carbocycles. The van der Waals surface area contributed by atoms with Crippen molar-refractivity contribution in [3.05, 3.63) is 83.1 Å². The van der Waals surface area contributed by atoms with Crippen molar-refractivity contribution in [3.63, 3.8) is 0 Å². The predicted octanol–water partition coefficient (Wildman–Crippen LogP) is 5.25. The molecule has 3 aromatic carbocycles. The van der Waals surface area contributed by atoms with Crippen molar-refractivity contribution in [2.75, 3.05) is 17.4 Å². The fourth-order valence-electron chi connectivity index (χ4n) is 3.46. The van der Waals surface area contributed by atoms with Gasteiger partial charge in [0.1, 0.15) is 11.3 Å². The highest BCUT2D eigenvalue weighted by Gasteiger charge is 2.23. The van der Waals surface area contributed by atoms with Crippen molar-refractivity contribution in [1.82, 2.24) is 0 Å². The quantitative estimate of drug-likeness (QED) is 0.435.